The minimum absolute atomic E-state index is 0.327. The van der Waals surface area contributed by atoms with Crippen LogP contribution < -0.4 is 16.4 Å². The van der Waals surface area contributed by atoms with Gasteiger partial charge in [-0.3, -0.25) is 0 Å². The van der Waals surface area contributed by atoms with Gasteiger partial charge in [0.05, 0.1) is 6.17 Å². The molecule has 1 atom stereocenters. The molecule has 0 rings (SSSR count). The van der Waals surface area contributed by atoms with E-state index >= 15 is 0 Å². The molecule has 0 saturated heterocycles. The van der Waals surface area contributed by atoms with Gasteiger partial charge >= 0.3 is 0 Å². The highest BCUT2D eigenvalue weighted by Crippen LogP contribution is 1.82. The Labute approximate surface area is 63.4 Å². The van der Waals surface area contributed by atoms with Crippen molar-refractivity contribution in [2.45, 2.75) is 19.5 Å². The molecule has 0 bridgehead atoms. The molecular weight excluding hydrogens is 126 g/mol. The van der Waals surface area contributed by atoms with E-state index in [0.29, 0.717) is 12.7 Å². The molecule has 1 unspecified atom stereocenters. The lowest BCUT2D eigenvalue weighted by Gasteiger charge is -2.16. The standard InChI is InChI=1S/C7H18N3/c1-3-7(9-4-2)10-6-5-8/h7,9-10H,1,3-6,8H2,2H3. The van der Waals surface area contributed by atoms with Gasteiger partial charge in [-0.1, -0.05) is 13.8 Å². The predicted molar refractivity (Wildman–Crippen MR) is 44.5 cm³/mol. The molecule has 0 aromatic heterocycles. The molecule has 3 nitrogen and oxygen atoms in total. The first-order valence-electron chi connectivity index (χ1n) is 3.81. The zero-order chi connectivity index (χ0) is 7.82. The molecule has 0 heterocycles. The van der Waals surface area contributed by atoms with E-state index in [4.69, 9.17) is 5.73 Å². The Morgan fingerprint density at radius 3 is 2.60 bits per heavy atom. The summed E-state index contributed by atoms with van der Waals surface area (Å²) in [7, 11) is 0. The van der Waals surface area contributed by atoms with Gasteiger partial charge in [0.1, 0.15) is 0 Å². The van der Waals surface area contributed by atoms with Crippen LogP contribution >= 0.6 is 0 Å². The highest BCUT2D eigenvalue weighted by Gasteiger charge is 1.99. The van der Waals surface area contributed by atoms with Crippen LogP contribution in [-0.4, -0.2) is 25.8 Å². The van der Waals surface area contributed by atoms with Crippen LogP contribution in [0.4, 0.5) is 0 Å². The second-order valence-electron chi connectivity index (χ2n) is 2.14. The number of hydrogen-bond donors (Lipinski definition) is 3. The van der Waals surface area contributed by atoms with Gasteiger partial charge in [-0.05, 0) is 13.0 Å². The quantitative estimate of drug-likeness (QED) is 0.448. The maximum Gasteiger partial charge on any atom is 0.0572 e. The van der Waals surface area contributed by atoms with Gasteiger partial charge in [0.25, 0.3) is 0 Å². The maximum absolute atomic E-state index is 5.32. The molecule has 0 spiro atoms. The molecule has 0 aromatic carbocycles. The molecule has 61 valence electrons. The minimum atomic E-state index is 0.327. The van der Waals surface area contributed by atoms with E-state index in [2.05, 4.69) is 24.5 Å². The number of nitrogens with two attached hydrogens (primary N) is 1. The maximum atomic E-state index is 5.32. The van der Waals surface area contributed by atoms with E-state index in [9.17, 15) is 0 Å². The predicted octanol–water partition coefficient (Wildman–Crippen LogP) is -0.306. The summed E-state index contributed by atoms with van der Waals surface area (Å²) >= 11 is 0. The molecule has 4 N–H and O–H groups in total. The minimum Gasteiger partial charge on any atom is -0.329 e. The topological polar surface area (TPSA) is 50.1 Å². The zero-order valence-corrected chi connectivity index (χ0v) is 6.69. The van der Waals surface area contributed by atoms with Crippen molar-refractivity contribution in [3.8, 4) is 0 Å². The van der Waals surface area contributed by atoms with Gasteiger partial charge in [-0.25, -0.2) is 0 Å². The van der Waals surface area contributed by atoms with Crippen molar-refractivity contribution in [1.82, 2.24) is 10.6 Å². The Bertz CT molecular complexity index is 65.9. The van der Waals surface area contributed by atoms with E-state index in [1.807, 2.05) is 0 Å². The Morgan fingerprint density at radius 1 is 1.50 bits per heavy atom. The Kier molecular flexibility index (Phi) is 6.91. The van der Waals surface area contributed by atoms with E-state index in [1.165, 1.54) is 0 Å². The summed E-state index contributed by atoms with van der Waals surface area (Å²) < 4.78 is 0. The molecule has 1 radical (unpaired) electrons. The largest absolute Gasteiger partial charge is 0.329 e. The molecule has 0 aliphatic rings. The SMILES string of the molecule is [CH2]CC(NCC)NCCN. The Hall–Kier alpha value is -0.120. The van der Waals surface area contributed by atoms with Crippen molar-refractivity contribution in [2.75, 3.05) is 19.6 Å². The van der Waals surface area contributed by atoms with Gasteiger partial charge in [-0.15, -0.1) is 0 Å². The number of rotatable bonds is 6. The molecule has 0 aliphatic heterocycles. The van der Waals surface area contributed by atoms with Crippen molar-refractivity contribution >= 4 is 0 Å². The molecule has 0 aromatic rings. The van der Waals surface area contributed by atoms with Crippen LogP contribution in [-0.2, 0) is 0 Å². The van der Waals surface area contributed by atoms with Crippen LogP contribution in [0.25, 0.3) is 0 Å². The molecular formula is C7H18N3. The third kappa shape index (κ3) is 4.73. The van der Waals surface area contributed by atoms with Crippen LogP contribution in [0.3, 0.4) is 0 Å². The van der Waals surface area contributed by atoms with E-state index in [-0.39, 0.29) is 0 Å². The summed E-state index contributed by atoms with van der Waals surface area (Å²) in [6.45, 7) is 8.37. The lowest BCUT2D eigenvalue weighted by Crippen LogP contribution is -2.43. The summed E-state index contributed by atoms with van der Waals surface area (Å²) in [6, 6.07) is 0. The lowest BCUT2D eigenvalue weighted by molar-refractivity contribution is 0.441. The van der Waals surface area contributed by atoms with Crippen LogP contribution in [0.5, 0.6) is 0 Å². The smallest absolute Gasteiger partial charge is 0.0572 e. The van der Waals surface area contributed by atoms with Gasteiger partial charge in [-0.2, -0.15) is 0 Å². The molecule has 3 heteroatoms. The fraction of sp³-hybridized carbons (Fsp3) is 0.857. The molecule has 0 saturated carbocycles. The van der Waals surface area contributed by atoms with Crippen LogP contribution in [0.1, 0.15) is 13.3 Å². The summed E-state index contributed by atoms with van der Waals surface area (Å²) in [6.07, 6.45) is 1.18. The molecule has 10 heavy (non-hydrogen) atoms. The van der Waals surface area contributed by atoms with Crippen molar-refractivity contribution in [1.29, 1.82) is 0 Å². The lowest BCUT2D eigenvalue weighted by atomic mass is 10.3. The summed E-state index contributed by atoms with van der Waals surface area (Å²) in [5.41, 5.74) is 5.32. The third-order valence-corrected chi connectivity index (χ3v) is 1.27. The highest BCUT2D eigenvalue weighted by atomic mass is 15.1. The van der Waals surface area contributed by atoms with Gasteiger partial charge in [0.2, 0.25) is 0 Å². The molecule has 0 fully saturated rings. The average Bonchev–Trinajstić information content (AvgIpc) is 1.98. The van der Waals surface area contributed by atoms with Crippen molar-refractivity contribution in [2.24, 2.45) is 5.73 Å². The first-order chi connectivity index (χ1) is 4.85. The van der Waals surface area contributed by atoms with Gasteiger partial charge < -0.3 is 16.4 Å². The molecule has 0 aliphatic carbocycles. The van der Waals surface area contributed by atoms with E-state index in [1.54, 1.807) is 0 Å². The van der Waals surface area contributed by atoms with E-state index in [0.717, 1.165) is 19.5 Å². The first-order valence-corrected chi connectivity index (χ1v) is 3.81. The second-order valence-corrected chi connectivity index (χ2v) is 2.14. The monoisotopic (exact) mass is 144 g/mol. The summed E-state index contributed by atoms with van der Waals surface area (Å²) in [5.74, 6) is 0. The fourth-order valence-electron chi connectivity index (χ4n) is 0.780. The zero-order valence-electron chi connectivity index (χ0n) is 6.69. The Balaban J connectivity index is 3.21. The summed E-state index contributed by atoms with van der Waals surface area (Å²) in [5, 5.41) is 6.46. The van der Waals surface area contributed by atoms with Crippen LogP contribution in [0.2, 0.25) is 0 Å². The van der Waals surface area contributed by atoms with Crippen LogP contribution in [0.15, 0.2) is 0 Å². The molecule has 0 amide bonds. The Morgan fingerprint density at radius 2 is 2.20 bits per heavy atom. The average molecular weight is 144 g/mol. The van der Waals surface area contributed by atoms with Gasteiger partial charge in [0, 0.05) is 13.1 Å². The second kappa shape index (κ2) is 6.99. The fourth-order valence-corrected chi connectivity index (χ4v) is 0.780. The number of nitrogens with one attached hydrogen (secondary N) is 2. The normalized spacial score (nSPS) is 13.5. The van der Waals surface area contributed by atoms with E-state index < -0.39 is 0 Å². The number of hydrogen-bond acceptors (Lipinski definition) is 3. The third-order valence-electron chi connectivity index (χ3n) is 1.27. The van der Waals surface area contributed by atoms with Crippen molar-refractivity contribution in [3.63, 3.8) is 0 Å². The van der Waals surface area contributed by atoms with Crippen molar-refractivity contribution in [3.05, 3.63) is 6.92 Å². The van der Waals surface area contributed by atoms with Crippen LogP contribution in [0, 0.1) is 6.92 Å². The summed E-state index contributed by atoms with van der Waals surface area (Å²) in [4.78, 5) is 0. The van der Waals surface area contributed by atoms with Gasteiger partial charge in [0.15, 0.2) is 0 Å². The highest BCUT2D eigenvalue weighted by molar-refractivity contribution is 4.64. The van der Waals surface area contributed by atoms with Crippen molar-refractivity contribution < 1.29 is 0 Å². The first kappa shape index (κ1) is 9.88.